The fraction of sp³-hybridized carbons (Fsp3) is 0.100. The average molecular weight is 305 g/mol. The molecule has 78 valence electrons. The Balaban J connectivity index is 2.27. The van der Waals surface area contributed by atoms with Gasteiger partial charge in [-0.2, -0.15) is 4.98 Å². The van der Waals surface area contributed by atoms with Crippen molar-refractivity contribution in [3.05, 3.63) is 38.8 Å². The fourth-order valence-corrected chi connectivity index (χ4v) is 2.32. The van der Waals surface area contributed by atoms with Crippen molar-refractivity contribution in [3.63, 3.8) is 0 Å². The van der Waals surface area contributed by atoms with E-state index in [-0.39, 0.29) is 0 Å². The number of nitrogens with zero attached hydrogens (tertiary/aromatic N) is 1. The Morgan fingerprint density at radius 2 is 2.27 bits per heavy atom. The summed E-state index contributed by atoms with van der Waals surface area (Å²) in [4.78, 5) is 4.13. The summed E-state index contributed by atoms with van der Waals surface area (Å²) in [5.41, 5.74) is 1.10. The minimum absolute atomic E-state index is 0.578. The molecule has 0 bridgehead atoms. The standard InChI is InChI=1S/C10H7BrClNOS/c1-6-2-3-7(12)8(4-6)14-10-13-9(11)5-15-10/h2-5H,1H3. The molecule has 2 rings (SSSR count). The molecule has 1 aromatic carbocycles. The number of rotatable bonds is 2. The molecule has 0 radical (unpaired) electrons. The monoisotopic (exact) mass is 303 g/mol. The highest BCUT2D eigenvalue weighted by Crippen LogP contribution is 2.32. The largest absolute Gasteiger partial charge is 0.429 e. The fourth-order valence-electron chi connectivity index (χ4n) is 1.07. The van der Waals surface area contributed by atoms with Crippen LogP contribution in [0.3, 0.4) is 0 Å². The molecular weight excluding hydrogens is 298 g/mol. The first-order valence-corrected chi connectivity index (χ1v) is 6.25. The third-order valence-electron chi connectivity index (χ3n) is 1.74. The highest BCUT2D eigenvalue weighted by Gasteiger charge is 2.06. The summed E-state index contributed by atoms with van der Waals surface area (Å²) < 4.78 is 6.33. The van der Waals surface area contributed by atoms with Gasteiger partial charge in [-0.1, -0.05) is 29.0 Å². The van der Waals surface area contributed by atoms with Gasteiger partial charge in [-0.05, 0) is 40.5 Å². The van der Waals surface area contributed by atoms with E-state index < -0.39 is 0 Å². The van der Waals surface area contributed by atoms with Crippen LogP contribution in [0.4, 0.5) is 0 Å². The summed E-state index contributed by atoms with van der Waals surface area (Å²) in [5, 5.41) is 3.03. The topological polar surface area (TPSA) is 22.1 Å². The molecule has 0 aliphatic rings. The van der Waals surface area contributed by atoms with Gasteiger partial charge in [-0.15, -0.1) is 0 Å². The molecule has 0 saturated heterocycles. The van der Waals surface area contributed by atoms with Crippen LogP contribution in [0.25, 0.3) is 0 Å². The van der Waals surface area contributed by atoms with Gasteiger partial charge in [-0.3, -0.25) is 0 Å². The predicted octanol–water partition coefficient (Wildman–Crippen LogP) is 4.66. The Bertz CT molecular complexity index is 486. The number of hydrogen-bond acceptors (Lipinski definition) is 3. The lowest BCUT2D eigenvalue weighted by Gasteiger charge is -2.04. The van der Waals surface area contributed by atoms with Gasteiger partial charge in [0, 0.05) is 5.38 Å². The first-order chi connectivity index (χ1) is 7.15. The van der Waals surface area contributed by atoms with Crippen molar-refractivity contribution in [2.24, 2.45) is 0 Å². The number of hydrogen-bond donors (Lipinski definition) is 0. The molecular formula is C10H7BrClNOS. The van der Waals surface area contributed by atoms with Crippen LogP contribution in [-0.4, -0.2) is 4.98 Å². The lowest BCUT2D eigenvalue weighted by Crippen LogP contribution is -1.85. The number of ether oxygens (including phenoxy) is 1. The molecule has 0 amide bonds. The SMILES string of the molecule is Cc1ccc(Cl)c(Oc2nc(Br)cs2)c1. The van der Waals surface area contributed by atoms with Crippen LogP contribution in [0.1, 0.15) is 5.56 Å². The van der Waals surface area contributed by atoms with Crippen molar-refractivity contribution in [2.75, 3.05) is 0 Å². The average Bonchev–Trinajstić information content (AvgIpc) is 2.58. The number of aryl methyl sites for hydroxylation is 1. The molecule has 1 aromatic heterocycles. The van der Waals surface area contributed by atoms with Gasteiger partial charge in [0.1, 0.15) is 10.4 Å². The van der Waals surface area contributed by atoms with Crippen LogP contribution in [0, 0.1) is 6.92 Å². The van der Waals surface area contributed by atoms with Crippen molar-refractivity contribution in [1.29, 1.82) is 0 Å². The van der Waals surface area contributed by atoms with E-state index in [9.17, 15) is 0 Å². The molecule has 1 heterocycles. The number of aromatic nitrogens is 1. The Kier molecular flexibility index (Phi) is 3.29. The van der Waals surface area contributed by atoms with Crippen LogP contribution in [0.5, 0.6) is 10.9 Å². The van der Waals surface area contributed by atoms with E-state index in [1.165, 1.54) is 11.3 Å². The molecule has 0 saturated carbocycles. The van der Waals surface area contributed by atoms with Crippen LogP contribution in [0.2, 0.25) is 5.02 Å². The normalized spacial score (nSPS) is 10.3. The molecule has 0 aliphatic carbocycles. The summed E-state index contributed by atoms with van der Waals surface area (Å²) in [7, 11) is 0. The van der Waals surface area contributed by atoms with E-state index in [1.807, 2.05) is 30.5 Å². The van der Waals surface area contributed by atoms with Gasteiger partial charge < -0.3 is 4.74 Å². The molecule has 2 aromatic rings. The quantitative estimate of drug-likeness (QED) is 0.805. The lowest BCUT2D eigenvalue weighted by atomic mass is 10.2. The summed E-state index contributed by atoms with van der Waals surface area (Å²) in [5.74, 6) is 0.638. The second kappa shape index (κ2) is 4.51. The van der Waals surface area contributed by atoms with Gasteiger partial charge in [0.15, 0.2) is 0 Å². The van der Waals surface area contributed by atoms with Crippen molar-refractivity contribution in [2.45, 2.75) is 6.92 Å². The highest BCUT2D eigenvalue weighted by molar-refractivity contribution is 9.10. The first-order valence-electron chi connectivity index (χ1n) is 4.20. The van der Waals surface area contributed by atoms with Crippen molar-refractivity contribution in [3.8, 4) is 10.9 Å². The maximum atomic E-state index is 5.99. The molecule has 0 spiro atoms. The van der Waals surface area contributed by atoms with Crippen LogP contribution in [0.15, 0.2) is 28.2 Å². The Morgan fingerprint density at radius 1 is 1.47 bits per heavy atom. The predicted molar refractivity (Wildman–Crippen MR) is 66.1 cm³/mol. The number of thiazole rings is 1. The van der Waals surface area contributed by atoms with E-state index in [2.05, 4.69) is 20.9 Å². The van der Waals surface area contributed by atoms with Crippen LogP contribution >= 0.6 is 38.9 Å². The van der Waals surface area contributed by atoms with Gasteiger partial charge in [0.25, 0.3) is 5.19 Å². The first kappa shape index (κ1) is 10.9. The molecule has 0 atom stereocenters. The van der Waals surface area contributed by atoms with Crippen molar-refractivity contribution < 1.29 is 4.74 Å². The van der Waals surface area contributed by atoms with Gasteiger partial charge in [0.2, 0.25) is 0 Å². The second-order valence-corrected chi connectivity index (χ2v) is 5.01. The van der Waals surface area contributed by atoms with Crippen LogP contribution < -0.4 is 4.74 Å². The van der Waals surface area contributed by atoms with E-state index in [0.29, 0.717) is 16.0 Å². The zero-order valence-corrected chi connectivity index (χ0v) is 11.0. The van der Waals surface area contributed by atoms with E-state index in [1.54, 1.807) is 0 Å². The third-order valence-corrected chi connectivity index (χ3v) is 3.48. The maximum absolute atomic E-state index is 5.99. The minimum Gasteiger partial charge on any atom is -0.429 e. The molecule has 0 N–H and O–H groups in total. The van der Waals surface area contributed by atoms with Crippen molar-refractivity contribution >= 4 is 38.9 Å². The van der Waals surface area contributed by atoms with Gasteiger partial charge >= 0.3 is 0 Å². The van der Waals surface area contributed by atoms with Gasteiger partial charge in [0.05, 0.1) is 5.02 Å². The highest BCUT2D eigenvalue weighted by atomic mass is 79.9. The Hall–Kier alpha value is -0.580. The smallest absolute Gasteiger partial charge is 0.279 e. The maximum Gasteiger partial charge on any atom is 0.279 e. The van der Waals surface area contributed by atoms with E-state index in [0.717, 1.165) is 10.2 Å². The molecule has 0 unspecified atom stereocenters. The summed E-state index contributed by atoms with van der Waals surface area (Å²) >= 11 is 10.7. The molecule has 0 fully saturated rings. The summed E-state index contributed by atoms with van der Waals surface area (Å²) in [6, 6.07) is 5.64. The zero-order valence-electron chi connectivity index (χ0n) is 7.83. The Morgan fingerprint density at radius 3 is 2.93 bits per heavy atom. The zero-order chi connectivity index (χ0) is 10.8. The van der Waals surface area contributed by atoms with Crippen molar-refractivity contribution in [1.82, 2.24) is 4.98 Å². The van der Waals surface area contributed by atoms with Gasteiger partial charge in [-0.25, -0.2) is 0 Å². The number of halogens is 2. The molecule has 2 nitrogen and oxygen atoms in total. The Labute approximate surface area is 105 Å². The number of benzene rings is 1. The summed E-state index contributed by atoms with van der Waals surface area (Å²) in [6.07, 6.45) is 0. The van der Waals surface area contributed by atoms with E-state index in [4.69, 9.17) is 16.3 Å². The molecule has 5 heteroatoms. The lowest BCUT2D eigenvalue weighted by molar-refractivity contribution is 0.478. The van der Waals surface area contributed by atoms with E-state index >= 15 is 0 Å². The second-order valence-electron chi connectivity index (χ2n) is 2.97. The summed E-state index contributed by atoms with van der Waals surface area (Å²) in [6.45, 7) is 1.99. The minimum atomic E-state index is 0.578. The van der Waals surface area contributed by atoms with Crippen LogP contribution in [-0.2, 0) is 0 Å². The molecule has 15 heavy (non-hydrogen) atoms. The third kappa shape index (κ3) is 2.71. The molecule has 0 aliphatic heterocycles.